The fourth-order valence-electron chi connectivity index (χ4n) is 7.75. The van der Waals surface area contributed by atoms with Gasteiger partial charge in [0, 0.05) is 38.0 Å². The second-order valence-electron chi connectivity index (χ2n) is 12.3. The standard InChI is InChI=1S/C33H42N4O5S/c1-22-18-26-27(30(39)35-20-24-10-6-3-7-11-24)28-32(41)37(25(21-38)19-23-8-4-2-5-9-23)29(33(22,28)43-26)31(40)34-12-13-36-14-16-42-17-15-36/h2-11,22,25-29,38H,12-21H2,1H3,(H,34,40)(H,35,39)/t22?,25-,26+,27-,28+,29?,33?/m1/s1. The van der Waals surface area contributed by atoms with Crippen LogP contribution in [0.15, 0.2) is 60.7 Å². The minimum absolute atomic E-state index is 0.0350. The summed E-state index contributed by atoms with van der Waals surface area (Å²) in [6, 6.07) is 18.2. The van der Waals surface area contributed by atoms with Crippen molar-refractivity contribution in [3.63, 3.8) is 0 Å². The number of amides is 3. The van der Waals surface area contributed by atoms with Crippen LogP contribution in [0.3, 0.4) is 0 Å². The van der Waals surface area contributed by atoms with Crippen LogP contribution in [0.4, 0.5) is 0 Å². The number of fused-ring (bicyclic) bond motifs is 1. The van der Waals surface area contributed by atoms with E-state index in [4.69, 9.17) is 4.74 Å². The van der Waals surface area contributed by atoms with Gasteiger partial charge in [-0.25, -0.2) is 0 Å². The summed E-state index contributed by atoms with van der Waals surface area (Å²) in [7, 11) is 0. The molecule has 3 amide bonds. The van der Waals surface area contributed by atoms with E-state index in [1.807, 2.05) is 60.7 Å². The first kappa shape index (κ1) is 30.1. The lowest BCUT2D eigenvalue weighted by Crippen LogP contribution is -2.59. The van der Waals surface area contributed by atoms with Crippen molar-refractivity contribution >= 4 is 29.5 Å². The lowest BCUT2D eigenvalue weighted by atomic mass is 9.66. The monoisotopic (exact) mass is 606 g/mol. The Morgan fingerprint density at radius 2 is 1.70 bits per heavy atom. The van der Waals surface area contributed by atoms with E-state index in [1.165, 1.54) is 0 Å². The molecular weight excluding hydrogens is 564 g/mol. The van der Waals surface area contributed by atoms with Gasteiger partial charge in [0.05, 0.1) is 42.4 Å². The summed E-state index contributed by atoms with van der Waals surface area (Å²) in [6.45, 7) is 6.43. The Hall–Kier alpha value is -2.92. The largest absolute Gasteiger partial charge is 0.394 e. The van der Waals surface area contributed by atoms with Crippen molar-refractivity contribution in [2.45, 2.75) is 48.4 Å². The summed E-state index contributed by atoms with van der Waals surface area (Å²) < 4.78 is 4.72. The first-order valence-corrected chi connectivity index (χ1v) is 16.4. The molecule has 43 heavy (non-hydrogen) atoms. The van der Waals surface area contributed by atoms with Crippen molar-refractivity contribution in [3.8, 4) is 0 Å². The van der Waals surface area contributed by atoms with E-state index in [-0.39, 0.29) is 35.5 Å². The van der Waals surface area contributed by atoms with E-state index in [0.717, 1.165) is 30.6 Å². The van der Waals surface area contributed by atoms with E-state index in [2.05, 4.69) is 22.5 Å². The molecule has 3 unspecified atom stereocenters. The number of aliphatic hydroxyl groups is 1. The zero-order valence-electron chi connectivity index (χ0n) is 24.7. The number of hydrogen-bond acceptors (Lipinski definition) is 7. The first-order chi connectivity index (χ1) is 20.9. The molecule has 0 aromatic heterocycles. The maximum Gasteiger partial charge on any atom is 0.244 e. The number of nitrogens with one attached hydrogen (secondary N) is 2. The molecule has 7 atom stereocenters. The van der Waals surface area contributed by atoms with Gasteiger partial charge in [0.25, 0.3) is 0 Å². The van der Waals surface area contributed by atoms with Crippen molar-refractivity contribution in [1.82, 2.24) is 20.4 Å². The fraction of sp³-hybridized carbons (Fsp3) is 0.545. The smallest absolute Gasteiger partial charge is 0.244 e. The van der Waals surface area contributed by atoms with Crippen LogP contribution in [-0.4, -0.2) is 101 Å². The molecule has 3 N–H and O–H groups in total. The Bertz CT molecular complexity index is 1290. The number of thioether (sulfide) groups is 1. The minimum Gasteiger partial charge on any atom is -0.394 e. The van der Waals surface area contributed by atoms with Gasteiger partial charge >= 0.3 is 0 Å². The van der Waals surface area contributed by atoms with Crippen molar-refractivity contribution in [1.29, 1.82) is 0 Å². The molecule has 2 aromatic carbocycles. The predicted octanol–water partition coefficient (Wildman–Crippen LogP) is 1.69. The van der Waals surface area contributed by atoms with Gasteiger partial charge in [-0.15, -0.1) is 11.8 Å². The summed E-state index contributed by atoms with van der Waals surface area (Å²) in [4.78, 5) is 46.5. The van der Waals surface area contributed by atoms with Gasteiger partial charge in [0.15, 0.2) is 0 Å². The summed E-state index contributed by atoms with van der Waals surface area (Å²) >= 11 is 1.66. The van der Waals surface area contributed by atoms with E-state index < -0.39 is 28.7 Å². The van der Waals surface area contributed by atoms with Crippen LogP contribution >= 0.6 is 11.8 Å². The van der Waals surface area contributed by atoms with Crippen molar-refractivity contribution in [2.75, 3.05) is 46.0 Å². The zero-order chi connectivity index (χ0) is 30.0. The Morgan fingerprint density at radius 1 is 1.02 bits per heavy atom. The second-order valence-corrected chi connectivity index (χ2v) is 13.8. The second kappa shape index (κ2) is 13.0. The molecule has 4 saturated heterocycles. The molecule has 1 spiro atoms. The third kappa shape index (κ3) is 5.70. The van der Waals surface area contributed by atoms with Crippen molar-refractivity contribution in [3.05, 3.63) is 71.8 Å². The quantitative estimate of drug-likeness (QED) is 0.357. The van der Waals surface area contributed by atoms with Crippen molar-refractivity contribution < 1.29 is 24.2 Å². The van der Waals surface area contributed by atoms with Crippen LogP contribution in [0, 0.1) is 17.8 Å². The maximum atomic E-state index is 14.6. The highest BCUT2D eigenvalue weighted by molar-refractivity contribution is 8.02. The molecule has 0 radical (unpaired) electrons. The highest BCUT2D eigenvalue weighted by Gasteiger charge is 2.76. The van der Waals surface area contributed by atoms with E-state index in [9.17, 15) is 19.5 Å². The van der Waals surface area contributed by atoms with Gasteiger partial charge in [-0.1, -0.05) is 67.6 Å². The van der Waals surface area contributed by atoms with E-state index in [0.29, 0.717) is 39.3 Å². The molecule has 4 fully saturated rings. The van der Waals surface area contributed by atoms with Gasteiger partial charge in [0.2, 0.25) is 17.7 Å². The van der Waals surface area contributed by atoms with Gasteiger partial charge in [0.1, 0.15) is 6.04 Å². The van der Waals surface area contributed by atoms with Gasteiger partial charge in [-0.2, -0.15) is 0 Å². The Labute approximate surface area is 257 Å². The third-order valence-electron chi connectivity index (χ3n) is 9.79. The Morgan fingerprint density at radius 3 is 2.37 bits per heavy atom. The molecule has 4 heterocycles. The van der Waals surface area contributed by atoms with Gasteiger partial charge in [-0.3, -0.25) is 19.3 Å². The number of likely N-dealkylation sites (tertiary alicyclic amines) is 1. The SMILES string of the molecule is CC1C[C@@H]2SC13C(C(=O)NCCN1CCOCC1)N([C@@H](CO)Cc1ccccc1)C(=O)[C@@H]3[C@@H]2C(=O)NCc1ccccc1. The van der Waals surface area contributed by atoms with Gasteiger partial charge < -0.3 is 25.4 Å². The van der Waals surface area contributed by atoms with E-state index in [1.54, 1.807) is 16.7 Å². The molecule has 0 aliphatic carbocycles. The molecule has 10 heteroatoms. The van der Waals surface area contributed by atoms with Crippen LogP contribution < -0.4 is 10.6 Å². The first-order valence-electron chi connectivity index (χ1n) is 15.5. The number of hydrogen-bond donors (Lipinski definition) is 3. The number of rotatable bonds is 11. The Kier molecular flexibility index (Phi) is 9.09. The molecule has 9 nitrogen and oxygen atoms in total. The van der Waals surface area contributed by atoms with E-state index >= 15 is 0 Å². The lowest BCUT2D eigenvalue weighted by Gasteiger charge is -2.40. The molecule has 2 aromatic rings. The molecule has 4 aliphatic rings. The van der Waals surface area contributed by atoms with Crippen LogP contribution in [0.25, 0.3) is 0 Å². The molecule has 0 saturated carbocycles. The van der Waals surface area contributed by atoms with Crippen LogP contribution in [0.1, 0.15) is 24.5 Å². The fourth-order valence-corrected chi connectivity index (χ4v) is 10.2. The number of benzene rings is 2. The van der Waals surface area contributed by atoms with Crippen LogP contribution in [-0.2, 0) is 32.1 Å². The summed E-state index contributed by atoms with van der Waals surface area (Å²) in [5.74, 6) is -1.61. The average Bonchev–Trinajstić information content (AvgIpc) is 3.63. The highest BCUT2D eigenvalue weighted by atomic mass is 32.2. The number of morpholine rings is 1. The molecule has 4 aliphatic heterocycles. The van der Waals surface area contributed by atoms with Crippen molar-refractivity contribution in [2.24, 2.45) is 17.8 Å². The Balaban J connectivity index is 1.28. The lowest BCUT2D eigenvalue weighted by molar-refractivity contribution is -0.142. The number of nitrogens with zero attached hydrogens (tertiary/aromatic N) is 2. The average molecular weight is 607 g/mol. The summed E-state index contributed by atoms with van der Waals surface area (Å²) in [6.07, 6.45) is 1.20. The summed E-state index contributed by atoms with van der Waals surface area (Å²) in [5, 5.41) is 16.9. The number of aliphatic hydroxyl groups excluding tert-OH is 1. The predicted molar refractivity (Wildman–Crippen MR) is 165 cm³/mol. The summed E-state index contributed by atoms with van der Waals surface area (Å²) in [5.41, 5.74) is 1.98. The van der Waals surface area contributed by atoms with Crippen LogP contribution in [0.2, 0.25) is 0 Å². The normalized spacial score (nSPS) is 30.7. The number of ether oxygens (including phenoxy) is 1. The van der Waals surface area contributed by atoms with Gasteiger partial charge in [-0.05, 0) is 29.9 Å². The number of carbonyl (C=O) groups excluding carboxylic acids is 3. The third-order valence-corrected chi connectivity index (χ3v) is 11.9. The molecule has 6 rings (SSSR count). The van der Waals surface area contributed by atoms with Crippen LogP contribution in [0.5, 0.6) is 0 Å². The highest BCUT2D eigenvalue weighted by Crippen LogP contribution is 2.68. The molecule has 230 valence electrons. The number of carbonyl (C=O) groups is 3. The molecular formula is C33H42N4O5S. The topological polar surface area (TPSA) is 111 Å². The minimum atomic E-state index is -0.771. The zero-order valence-corrected chi connectivity index (χ0v) is 25.5. The molecule has 2 bridgehead atoms. The maximum absolute atomic E-state index is 14.6.